The molecule has 1 fully saturated rings. The van der Waals surface area contributed by atoms with E-state index in [1.807, 2.05) is 6.07 Å². The third-order valence-corrected chi connectivity index (χ3v) is 4.21. The number of rotatable bonds is 3. The van der Waals surface area contributed by atoms with Crippen molar-refractivity contribution in [3.8, 4) is 0 Å². The van der Waals surface area contributed by atoms with E-state index in [-0.39, 0.29) is 0 Å². The van der Waals surface area contributed by atoms with Crippen LogP contribution in [0.25, 0.3) is 0 Å². The Morgan fingerprint density at radius 1 is 1.44 bits per heavy atom. The topological polar surface area (TPSA) is 54.9 Å². The summed E-state index contributed by atoms with van der Waals surface area (Å²) >= 11 is 0. The number of aryl methyl sites for hydroxylation is 1. The summed E-state index contributed by atoms with van der Waals surface area (Å²) in [6, 6.07) is 2.41. The lowest BCUT2D eigenvalue weighted by molar-refractivity contribution is 0.622. The summed E-state index contributed by atoms with van der Waals surface area (Å²) in [4.78, 5) is 8.37. The molecule has 2 heterocycles. The van der Waals surface area contributed by atoms with Crippen LogP contribution in [-0.2, 0) is 17.2 Å². The number of hydrogen-bond acceptors (Lipinski definition) is 4. The van der Waals surface area contributed by atoms with Gasteiger partial charge in [0.25, 0.3) is 0 Å². The molecule has 88 valence electrons. The third kappa shape index (κ3) is 3.01. The molecule has 2 rings (SSSR count). The van der Waals surface area contributed by atoms with Gasteiger partial charge in [-0.1, -0.05) is 6.92 Å². The average molecular weight is 239 g/mol. The van der Waals surface area contributed by atoms with E-state index >= 15 is 0 Å². The Kier molecular flexibility index (Phi) is 3.88. The summed E-state index contributed by atoms with van der Waals surface area (Å²) < 4.78 is 11.2. The van der Waals surface area contributed by atoms with Gasteiger partial charge in [0, 0.05) is 40.1 Å². The Balaban J connectivity index is 1.95. The highest BCUT2D eigenvalue weighted by atomic mass is 32.2. The molecular weight excluding hydrogens is 222 g/mol. The van der Waals surface area contributed by atoms with E-state index in [9.17, 15) is 4.21 Å². The van der Waals surface area contributed by atoms with Gasteiger partial charge in [-0.05, 0) is 19.3 Å². The first kappa shape index (κ1) is 11.5. The second kappa shape index (κ2) is 5.39. The zero-order chi connectivity index (χ0) is 11.4. The highest BCUT2D eigenvalue weighted by Gasteiger charge is 2.17. The zero-order valence-corrected chi connectivity index (χ0v) is 10.3. The molecule has 1 aliphatic rings. The van der Waals surface area contributed by atoms with E-state index in [4.69, 9.17) is 0 Å². The van der Waals surface area contributed by atoms with E-state index in [1.165, 1.54) is 0 Å². The zero-order valence-electron chi connectivity index (χ0n) is 9.48. The summed E-state index contributed by atoms with van der Waals surface area (Å²) in [6.07, 6.45) is 4.46. The van der Waals surface area contributed by atoms with Crippen molar-refractivity contribution in [3.63, 3.8) is 0 Å². The van der Waals surface area contributed by atoms with Crippen LogP contribution in [0.4, 0.5) is 5.82 Å². The Hall–Kier alpha value is -0.970. The Bertz CT molecular complexity index is 373. The van der Waals surface area contributed by atoms with E-state index in [1.54, 1.807) is 6.33 Å². The van der Waals surface area contributed by atoms with Crippen LogP contribution in [0.1, 0.15) is 25.5 Å². The number of anilines is 1. The van der Waals surface area contributed by atoms with Crippen molar-refractivity contribution < 1.29 is 4.21 Å². The lowest BCUT2D eigenvalue weighted by atomic mass is 10.1. The van der Waals surface area contributed by atoms with Crippen molar-refractivity contribution in [2.75, 3.05) is 16.8 Å². The van der Waals surface area contributed by atoms with E-state index < -0.39 is 10.8 Å². The fourth-order valence-electron chi connectivity index (χ4n) is 1.82. The fraction of sp³-hybridized carbons (Fsp3) is 0.636. The first-order valence-electron chi connectivity index (χ1n) is 5.70. The molecule has 1 aromatic rings. The minimum atomic E-state index is -0.598. The van der Waals surface area contributed by atoms with Gasteiger partial charge >= 0.3 is 0 Å². The molecule has 0 amide bonds. The SMILES string of the molecule is CCc1cc(NC2CCS(=O)CC2)ncn1. The van der Waals surface area contributed by atoms with E-state index in [0.29, 0.717) is 6.04 Å². The third-order valence-electron chi connectivity index (χ3n) is 2.83. The van der Waals surface area contributed by atoms with Gasteiger partial charge in [-0.25, -0.2) is 9.97 Å². The molecule has 0 aliphatic carbocycles. The molecule has 1 saturated heterocycles. The van der Waals surface area contributed by atoms with E-state index in [0.717, 1.165) is 42.3 Å². The molecule has 0 atom stereocenters. The van der Waals surface area contributed by atoms with Crippen molar-refractivity contribution in [2.45, 2.75) is 32.2 Å². The molecule has 0 unspecified atom stereocenters. The monoisotopic (exact) mass is 239 g/mol. The smallest absolute Gasteiger partial charge is 0.129 e. The predicted molar refractivity (Wildman–Crippen MR) is 65.9 cm³/mol. The lowest BCUT2D eigenvalue weighted by Crippen LogP contribution is -2.29. The van der Waals surface area contributed by atoms with Crippen molar-refractivity contribution in [2.24, 2.45) is 0 Å². The quantitative estimate of drug-likeness (QED) is 0.865. The van der Waals surface area contributed by atoms with Crippen LogP contribution in [0, 0.1) is 0 Å². The van der Waals surface area contributed by atoms with Gasteiger partial charge in [-0.2, -0.15) is 0 Å². The van der Waals surface area contributed by atoms with Crippen LogP contribution in [0.3, 0.4) is 0 Å². The van der Waals surface area contributed by atoms with E-state index in [2.05, 4.69) is 22.2 Å². The molecule has 0 radical (unpaired) electrons. The van der Waals surface area contributed by atoms with Crippen LogP contribution < -0.4 is 5.32 Å². The van der Waals surface area contributed by atoms with Crippen molar-refractivity contribution in [3.05, 3.63) is 18.1 Å². The van der Waals surface area contributed by atoms with Crippen molar-refractivity contribution in [1.29, 1.82) is 0 Å². The minimum absolute atomic E-state index is 0.414. The maximum atomic E-state index is 11.2. The summed E-state index contributed by atoms with van der Waals surface area (Å²) in [5.41, 5.74) is 1.05. The fourth-order valence-corrected chi connectivity index (χ4v) is 3.12. The highest BCUT2D eigenvalue weighted by Crippen LogP contribution is 2.14. The first-order chi connectivity index (χ1) is 7.78. The highest BCUT2D eigenvalue weighted by molar-refractivity contribution is 7.85. The molecule has 1 aliphatic heterocycles. The van der Waals surface area contributed by atoms with Crippen molar-refractivity contribution >= 4 is 16.6 Å². The minimum Gasteiger partial charge on any atom is -0.367 e. The maximum absolute atomic E-state index is 11.2. The molecule has 1 N–H and O–H groups in total. The van der Waals surface area contributed by atoms with Crippen molar-refractivity contribution in [1.82, 2.24) is 9.97 Å². The Morgan fingerprint density at radius 3 is 2.88 bits per heavy atom. The molecule has 5 heteroatoms. The summed E-state index contributed by atoms with van der Waals surface area (Å²) in [5.74, 6) is 2.51. The average Bonchev–Trinajstić information content (AvgIpc) is 2.32. The van der Waals surface area contributed by atoms with Gasteiger partial charge in [0.05, 0.1) is 0 Å². The molecular formula is C11H17N3OS. The number of nitrogens with zero attached hydrogens (tertiary/aromatic N) is 2. The molecule has 4 nitrogen and oxygen atoms in total. The van der Waals surface area contributed by atoms with Crippen LogP contribution in [-0.4, -0.2) is 31.7 Å². The molecule has 1 aromatic heterocycles. The standard InChI is InChI=1S/C11H17N3OS/c1-2-9-7-11(13-8-12-9)14-10-3-5-16(15)6-4-10/h7-8,10H,2-6H2,1H3,(H,12,13,14). The van der Waals surface area contributed by atoms with Crippen LogP contribution >= 0.6 is 0 Å². The summed E-state index contributed by atoms with van der Waals surface area (Å²) in [7, 11) is -0.598. The van der Waals surface area contributed by atoms with Crippen LogP contribution in [0.2, 0.25) is 0 Å². The molecule has 16 heavy (non-hydrogen) atoms. The normalized spacial score (nSPS) is 25.3. The largest absolute Gasteiger partial charge is 0.367 e. The predicted octanol–water partition coefficient (Wildman–Crippen LogP) is 1.36. The second-order valence-corrected chi connectivity index (χ2v) is 5.71. The Morgan fingerprint density at radius 2 is 2.19 bits per heavy atom. The Labute approximate surface area is 98.3 Å². The molecule has 0 spiro atoms. The first-order valence-corrected chi connectivity index (χ1v) is 7.19. The number of nitrogens with one attached hydrogen (secondary N) is 1. The van der Waals surface area contributed by atoms with Crippen LogP contribution in [0.15, 0.2) is 12.4 Å². The van der Waals surface area contributed by atoms with Crippen LogP contribution in [0.5, 0.6) is 0 Å². The summed E-state index contributed by atoms with van der Waals surface area (Å²) in [6.45, 7) is 2.08. The summed E-state index contributed by atoms with van der Waals surface area (Å²) in [5, 5.41) is 3.39. The molecule has 0 saturated carbocycles. The maximum Gasteiger partial charge on any atom is 0.129 e. The number of aromatic nitrogens is 2. The second-order valence-electron chi connectivity index (χ2n) is 4.01. The van der Waals surface area contributed by atoms with Gasteiger partial charge in [0.15, 0.2) is 0 Å². The van der Waals surface area contributed by atoms with Gasteiger partial charge in [-0.3, -0.25) is 4.21 Å². The van der Waals surface area contributed by atoms with Gasteiger partial charge < -0.3 is 5.32 Å². The number of hydrogen-bond donors (Lipinski definition) is 1. The van der Waals surface area contributed by atoms with Gasteiger partial charge in [0.2, 0.25) is 0 Å². The van der Waals surface area contributed by atoms with Gasteiger partial charge in [-0.15, -0.1) is 0 Å². The molecule has 0 aromatic carbocycles. The molecule has 0 bridgehead atoms. The van der Waals surface area contributed by atoms with Gasteiger partial charge in [0.1, 0.15) is 12.1 Å². The lowest BCUT2D eigenvalue weighted by Gasteiger charge is -2.23.